The van der Waals surface area contributed by atoms with Gasteiger partial charge in [0.05, 0.1) is 5.56 Å². The number of benzene rings is 1. The molecule has 120 valence electrons. The maximum absolute atomic E-state index is 12.4. The molecule has 0 aliphatic carbocycles. The Kier molecular flexibility index (Phi) is 3.58. The van der Waals surface area contributed by atoms with E-state index in [9.17, 15) is 9.90 Å². The first-order valence-corrected chi connectivity index (χ1v) is 8.12. The fourth-order valence-corrected chi connectivity index (χ4v) is 3.65. The van der Waals surface area contributed by atoms with Crippen LogP contribution in [0.2, 0.25) is 0 Å². The third-order valence-electron chi connectivity index (χ3n) is 4.97. The van der Waals surface area contributed by atoms with Gasteiger partial charge in [0, 0.05) is 12.6 Å². The first-order chi connectivity index (χ1) is 11.2. The number of para-hydroxylation sites is 1. The Labute approximate surface area is 134 Å². The molecule has 23 heavy (non-hydrogen) atoms. The fourth-order valence-electron chi connectivity index (χ4n) is 3.65. The Bertz CT molecular complexity index is 717. The predicted molar refractivity (Wildman–Crippen MR) is 86.2 cm³/mol. The molecule has 0 unspecified atom stereocenters. The highest BCUT2D eigenvalue weighted by atomic mass is 16.4. The Hall–Kier alpha value is -2.27. The van der Waals surface area contributed by atoms with Gasteiger partial charge in [-0.05, 0) is 56.1 Å². The van der Waals surface area contributed by atoms with Crippen molar-refractivity contribution in [2.24, 2.45) is 5.92 Å². The van der Waals surface area contributed by atoms with Crippen molar-refractivity contribution in [3.63, 3.8) is 0 Å². The Morgan fingerprint density at radius 3 is 2.65 bits per heavy atom. The number of rotatable bonds is 3. The van der Waals surface area contributed by atoms with Crippen LogP contribution in [0.5, 0.6) is 5.75 Å². The Balaban J connectivity index is 1.48. The number of phenolic OH excluding ortho intramolecular Hbond substituents is 1. The largest absolute Gasteiger partial charge is 0.507 e. The highest BCUT2D eigenvalue weighted by Gasteiger charge is 2.35. The van der Waals surface area contributed by atoms with Gasteiger partial charge in [-0.3, -0.25) is 4.79 Å². The average molecular weight is 312 g/mol. The van der Waals surface area contributed by atoms with Crippen LogP contribution in [0.4, 0.5) is 0 Å². The summed E-state index contributed by atoms with van der Waals surface area (Å²) in [5, 5.41) is 13.0. The van der Waals surface area contributed by atoms with Gasteiger partial charge in [0.2, 0.25) is 0 Å². The second-order valence-electron chi connectivity index (χ2n) is 6.40. The molecular formula is C18H20N2O3. The zero-order chi connectivity index (χ0) is 15.8. The van der Waals surface area contributed by atoms with Crippen LogP contribution in [0.3, 0.4) is 0 Å². The van der Waals surface area contributed by atoms with Crippen molar-refractivity contribution in [1.82, 2.24) is 10.2 Å². The van der Waals surface area contributed by atoms with E-state index in [0.717, 1.165) is 32.5 Å². The van der Waals surface area contributed by atoms with Crippen LogP contribution in [0, 0.1) is 5.92 Å². The molecule has 0 radical (unpaired) electrons. The first-order valence-electron chi connectivity index (χ1n) is 8.12. The lowest BCUT2D eigenvalue weighted by Gasteiger charge is -2.44. The van der Waals surface area contributed by atoms with Gasteiger partial charge in [-0.15, -0.1) is 0 Å². The SMILES string of the molecule is O=C(N[C@H]1CN2CCC1CC2)c1ccc(-c2ccccc2O)o1. The number of phenols is 1. The number of nitrogens with zero attached hydrogens (tertiary/aromatic N) is 1. The van der Waals surface area contributed by atoms with E-state index in [1.807, 2.05) is 6.07 Å². The molecule has 2 aromatic rings. The standard InChI is InChI=1S/C18H20N2O3/c21-15-4-2-1-3-13(15)16-5-6-17(23-16)18(22)19-14-11-20-9-7-12(14)8-10-20/h1-6,12,14,21H,7-11H2,(H,19,22)/t14-/m0/s1. The average Bonchev–Trinajstić information content (AvgIpc) is 3.06. The molecule has 1 amide bonds. The minimum Gasteiger partial charge on any atom is -0.507 e. The summed E-state index contributed by atoms with van der Waals surface area (Å²) < 4.78 is 5.65. The van der Waals surface area contributed by atoms with Gasteiger partial charge in [0.25, 0.3) is 5.91 Å². The number of hydrogen-bond donors (Lipinski definition) is 2. The summed E-state index contributed by atoms with van der Waals surface area (Å²) in [5.41, 5.74) is 0.592. The summed E-state index contributed by atoms with van der Waals surface area (Å²) in [6.07, 6.45) is 2.32. The number of nitrogens with one attached hydrogen (secondary N) is 1. The number of carbonyl (C=O) groups is 1. The third-order valence-corrected chi connectivity index (χ3v) is 4.97. The molecule has 5 rings (SSSR count). The zero-order valence-electron chi connectivity index (χ0n) is 12.9. The molecule has 2 bridgehead atoms. The highest BCUT2D eigenvalue weighted by Crippen LogP contribution is 2.31. The van der Waals surface area contributed by atoms with Crippen LogP contribution in [0.25, 0.3) is 11.3 Å². The maximum Gasteiger partial charge on any atom is 0.287 e. The first kappa shape index (κ1) is 14.3. The van der Waals surface area contributed by atoms with E-state index in [4.69, 9.17) is 4.42 Å². The lowest BCUT2D eigenvalue weighted by Crippen LogP contribution is -2.57. The molecule has 0 saturated carbocycles. The molecule has 4 heterocycles. The monoisotopic (exact) mass is 312 g/mol. The molecule has 1 aromatic heterocycles. The number of hydrogen-bond acceptors (Lipinski definition) is 4. The summed E-state index contributed by atoms with van der Waals surface area (Å²) in [6.45, 7) is 3.23. The predicted octanol–water partition coefficient (Wildman–Crippen LogP) is 2.48. The van der Waals surface area contributed by atoms with E-state index in [2.05, 4.69) is 10.2 Å². The molecule has 5 nitrogen and oxygen atoms in total. The maximum atomic E-state index is 12.4. The van der Waals surface area contributed by atoms with Crippen molar-refractivity contribution >= 4 is 5.91 Å². The van der Waals surface area contributed by atoms with Gasteiger partial charge in [0.1, 0.15) is 11.5 Å². The molecule has 3 aliphatic rings. The molecular weight excluding hydrogens is 292 g/mol. The minimum absolute atomic E-state index is 0.145. The number of aromatic hydroxyl groups is 1. The van der Waals surface area contributed by atoms with Crippen molar-refractivity contribution in [2.75, 3.05) is 19.6 Å². The van der Waals surface area contributed by atoms with Crippen LogP contribution >= 0.6 is 0 Å². The summed E-state index contributed by atoms with van der Waals surface area (Å²) in [7, 11) is 0. The number of piperidine rings is 3. The zero-order valence-corrected chi connectivity index (χ0v) is 12.9. The van der Waals surface area contributed by atoms with E-state index in [1.165, 1.54) is 0 Å². The minimum atomic E-state index is -0.176. The van der Waals surface area contributed by atoms with Crippen molar-refractivity contribution in [2.45, 2.75) is 18.9 Å². The van der Waals surface area contributed by atoms with Crippen LogP contribution in [-0.2, 0) is 0 Å². The van der Waals surface area contributed by atoms with Gasteiger partial charge in [0.15, 0.2) is 5.76 Å². The smallest absolute Gasteiger partial charge is 0.287 e. The molecule has 1 atom stereocenters. The normalized spacial score (nSPS) is 26.2. The molecule has 2 N–H and O–H groups in total. The summed E-state index contributed by atoms with van der Waals surface area (Å²) in [5.74, 6) is 1.34. The molecule has 1 aromatic carbocycles. The van der Waals surface area contributed by atoms with E-state index < -0.39 is 0 Å². The molecule has 3 aliphatic heterocycles. The van der Waals surface area contributed by atoms with Crippen molar-refractivity contribution < 1.29 is 14.3 Å². The van der Waals surface area contributed by atoms with E-state index in [0.29, 0.717) is 23.0 Å². The van der Waals surface area contributed by atoms with Crippen LogP contribution in [0.15, 0.2) is 40.8 Å². The molecule has 3 saturated heterocycles. The number of furan rings is 1. The Morgan fingerprint density at radius 2 is 1.96 bits per heavy atom. The summed E-state index contributed by atoms with van der Waals surface area (Å²) in [6, 6.07) is 10.5. The number of fused-ring (bicyclic) bond motifs is 3. The third kappa shape index (κ3) is 2.72. The molecule has 5 heteroatoms. The van der Waals surface area contributed by atoms with Crippen molar-refractivity contribution in [3.05, 3.63) is 42.2 Å². The van der Waals surface area contributed by atoms with Crippen LogP contribution < -0.4 is 5.32 Å². The van der Waals surface area contributed by atoms with Gasteiger partial charge >= 0.3 is 0 Å². The molecule has 0 spiro atoms. The van der Waals surface area contributed by atoms with E-state index >= 15 is 0 Å². The second-order valence-corrected chi connectivity index (χ2v) is 6.40. The Morgan fingerprint density at radius 1 is 1.17 bits per heavy atom. The lowest BCUT2D eigenvalue weighted by molar-refractivity contribution is 0.0606. The van der Waals surface area contributed by atoms with Crippen LogP contribution in [-0.4, -0.2) is 41.6 Å². The fraction of sp³-hybridized carbons (Fsp3) is 0.389. The van der Waals surface area contributed by atoms with E-state index in [-0.39, 0.29) is 17.7 Å². The van der Waals surface area contributed by atoms with Crippen LogP contribution in [0.1, 0.15) is 23.4 Å². The van der Waals surface area contributed by atoms with Crippen molar-refractivity contribution in [3.8, 4) is 17.1 Å². The highest BCUT2D eigenvalue weighted by molar-refractivity contribution is 5.92. The van der Waals surface area contributed by atoms with Gasteiger partial charge in [-0.2, -0.15) is 0 Å². The number of carbonyl (C=O) groups excluding carboxylic acids is 1. The number of amides is 1. The van der Waals surface area contributed by atoms with Gasteiger partial charge in [-0.25, -0.2) is 0 Å². The molecule has 3 fully saturated rings. The second kappa shape index (κ2) is 5.74. The van der Waals surface area contributed by atoms with Gasteiger partial charge < -0.3 is 19.7 Å². The summed E-state index contributed by atoms with van der Waals surface area (Å²) >= 11 is 0. The van der Waals surface area contributed by atoms with E-state index in [1.54, 1.807) is 30.3 Å². The van der Waals surface area contributed by atoms with Gasteiger partial charge in [-0.1, -0.05) is 12.1 Å². The topological polar surface area (TPSA) is 65.7 Å². The quantitative estimate of drug-likeness (QED) is 0.914. The summed E-state index contributed by atoms with van der Waals surface area (Å²) in [4.78, 5) is 14.8. The lowest BCUT2D eigenvalue weighted by atomic mass is 9.84. The van der Waals surface area contributed by atoms with Crippen molar-refractivity contribution in [1.29, 1.82) is 0 Å².